The molecule has 1 aromatic rings. The molecule has 1 heterocycles. The van der Waals surface area contributed by atoms with Crippen LogP contribution in [0.5, 0.6) is 0 Å². The van der Waals surface area contributed by atoms with Gasteiger partial charge in [-0.2, -0.15) is 5.26 Å². The minimum atomic E-state index is -0.173. The van der Waals surface area contributed by atoms with Crippen molar-refractivity contribution in [3.63, 3.8) is 0 Å². The second-order valence-corrected chi connectivity index (χ2v) is 5.67. The summed E-state index contributed by atoms with van der Waals surface area (Å²) >= 11 is 0. The number of allylic oxidation sites excluding steroid dienone is 2. The average Bonchev–Trinajstić information content (AvgIpc) is 3.14. The van der Waals surface area contributed by atoms with E-state index in [1.807, 2.05) is 6.07 Å². The SMILES string of the molecule is N#Cc1ccc(N2C(=O)[C@@H]3[C@@H](C2=O)[C@H]2C=C[C@@H]3C2)cc1. The summed E-state index contributed by atoms with van der Waals surface area (Å²) in [5.74, 6) is -0.0564. The first-order chi connectivity index (χ1) is 9.70. The van der Waals surface area contributed by atoms with E-state index in [4.69, 9.17) is 5.26 Å². The van der Waals surface area contributed by atoms with Gasteiger partial charge in [0.15, 0.2) is 0 Å². The summed E-state index contributed by atoms with van der Waals surface area (Å²) in [4.78, 5) is 26.4. The van der Waals surface area contributed by atoms with Gasteiger partial charge in [0, 0.05) is 0 Å². The van der Waals surface area contributed by atoms with Crippen LogP contribution in [-0.2, 0) is 9.59 Å². The highest BCUT2D eigenvalue weighted by molar-refractivity contribution is 6.22. The molecule has 98 valence electrons. The minimum Gasteiger partial charge on any atom is -0.274 e. The Morgan fingerprint density at radius 2 is 1.55 bits per heavy atom. The molecule has 20 heavy (non-hydrogen) atoms. The van der Waals surface area contributed by atoms with Gasteiger partial charge in [0.2, 0.25) is 11.8 Å². The van der Waals surface area contributed by atoms with Crippen LogP contribution in [0.1, 0.15) is 12.0 Å². The van der Waals surface area contributed by atoms with Crippen molar-refractivity contribution in [2.24, 2.45) is 23.7 Å². The lowest BCUT2D eigenvalue weighted by Crippen LogP contribution is -2.32. The lowest BCUT2D eigenvalue weighted by atomic mass is 9.85. The van der Waals surface area contributed by atoms with Crippen molar-refractivity contribution < 1.29 is 9.59 Å². The maximum absolute atomic E-state index is 12.5. The molecule has 1 aliphatic heterocycles. The summed E-state index contributed by atoms with van der Waals surface area (Å²) in [6.45, 7) is 0. The number of rotatable bonds is 1. The molecule has 3 aliphatic rings. The summed E-state index contributed by atoms with van der Waals surface area (Å²) in [6, 6.07) is 8.65. The molecule has 4 nitrogen and oxygen atoms in total. The zero-order valence-electron chi connectivity index (χ0n) is 10.7. The largest absolute Gasteiger partial charge is 0.274 e. The van der Waals surface area contributed by atoms with E-state index in [-0.39, 0.29) is 35.5 Å². The van der Waals surface area contributed by atoms with Crippen LogP contribution < -0.4 is 4.90 Å². The molecule has 0 aromatic heterocycles. The van der Waals surface area contributed by atoms with Gasteiger partial charge < -0.3 is 0 Å². The number of fused-ring (bicyclic) bond motifs is 5. The number of amides is 2. The molecule has 1 saturated heterocycles. The van der Waals surface area contributed by atoms with Crippen molar-refractivity contribution in [1.82, 2.24) is 0 Å². The predicted molar refractivity (Wildman–Crippen MR) is 71.4 cm³/mol. The highest BCUT2D eigenvalue weighted by atomic mass is 16.2. The third kappa shape index (κ3) is 1.30. The minimum absolute atomic E-state index is 0.0819. The molecule has 4 atom stereocenters. The lowest BCUT2D eigenvalue weighted by molar-refractivity contribution is -0.123. The maximum Gasteiger partial charge on any atom is 0.238 e. The van der Waals surface area contributed by atoms with Gasteiger partial charge in [-0.05, 0) is 42.5 Å². The number of carbonyl (C=O) groups excluding carboxylic acids is 2. The number of imide groups is 1. The Labute approximate surface area is 116 Å². The Balaban J connectivity index is 1.72. The summed E-state index contributed by atoms with van der Waals surface area (Å²) in [5.41, 5.74) is 1.10. The van der Waals surface area contributed by atoms with Crippen molar-refractivity contribution in [3.8, 4) is 6.07 Å². The topological polar surface area (TPSA) is 61.2 Å². The normalized spacial score (nSPS) is 33.6. The zero-order valence-corrected chi connectivity index (χ0v) is 10.7. The van der Waals surface area contributed by atoms with E-state index in [2.05, 4.69) is 12.2 Å². The Morgan fingerprint density at radius 3 is 2.05 bits per heavy atom. The van der Waals surface area contributed by atoms with E-state index in [1.165, 1.54) is 4.90 Å². The van der Waals surface area contributed by atoms with Gasteiger partial charge in [-0.1, -0.05) is 12.2 Å². The highest BCUT2D eigenvalue weighted by Crippen LogP contribution is 2.53. The predicted octanol–water partition coefficient (Wildman–Crippen LogP) is 1.87. The number of hydrogen-bond acceptors (Lipinski definition) is 3. The maximum atomic E-state index is 12.5. The molecule has 2 fully saturated rings. The number of anilines is 1. The van der Waals surface area contributed by atoms with Gasteiger partial charge in [0.05, 0.1) is 29.2 Å². The van der Waals surface area contributed by atoms with E-state index < -0.39 is 0 Å². The van der Waals surface area contributed by atoms with Gasteiger partial charge in [-0.15, -0.1) is 0 Å². The van der Waals surface area contributed by atoms with Crippen LogP contribution in [0, 0.1) is 35.0 Å². The Morgan fingerprint density at radius 1 is 1.00 bits per heavy atom. The highest BCUT2D eigenvalue weighted by Gasteiger charge is 2.59. The van der Waals surface area contributed by atoms with E-state index in [0.717, 1.165) is 6.42 Å². The molecule has 1 saturated carbocycles. The second kappa shape index (κ2) is 3.80. The molecule has 4 heteroatoms. The standard InChI is InChI=1S/C16H12N2O2/c17-8-9-1-5-12(6-2-9)18-15(19)13-10-3-4-11(7-10)14(13)16(18)20/h1-6,10-11,13-14H,7H2/t10-,11+,13-,14-/m0/s1. The monoisotopic (exact) mass is 264 g/mol. The molecular weight excluding hydrogens is 252 g/mol. The summed E-state index contributed by atoms with van der Waals surface area (Å²) in [7, 11) is 0. The Kier molecular flexibility index (Phi) is 2.17. The van der Waals surface area contributed by atoms with E-state index in [1.54, 1.807) is 24.3 Å². The van der Waals surface area contributed by atoms with Gasteiger partial charge in [-0.3, -0.25) is 14.5 Å². The van der Waals surface area contributed by atoms with Crippen molar-refractivity contribution in [2.45, 2.75) is 6.42 Å². The Hall–Kier alpha value is -2.41. The van der Waals surface area contributed by atoms with Gasteiger partial charge in [-0.25, -0.2) is 0 Å². The third-order valence-corrected chi connectivity index (χ3v) is 4.72. The lowest BCUT2D eigenvalue weighted by Gasteiger charge is -2.17. The number of carbonyl (C=O) groups is 2. The quantitative estimate of drug-likeness (QED) is 0.574. The summed E-state index contributed by atoms with van der Waals surface area (Å²) < 4.78 is 0. The molecule has 0 radical (unpaired) electrons. The molecule has 2 aliphatic carbocycles. The summed E-state index contributed by atoms with van der Waals surface area (Å²) in [5, 5.41) is 8.80. The molecule has 1 aromatic carbocycles. The number of nitrogens with zero attached hydrogens (tertiary/aromatic N) is 2. The second-order valence-electron chi connectivity index (χ2n) is 5.67. The summed E-state index contributed by atoms with van der Waals surface area (Å²) in [6.07, 6.45) is 5.10. The molecule has 0 N–H and O–H groups in total. The number of hydrogen-bond donors (Lipinski definition) is 0. The molecule has 0 unspecified atom stereocenters. The van der Waals surface area contributed by atoms with Crippen molar-refractivity contribution in [3.05, 3.63) is 42.0 Å². The van der Waals surface area contributed by atoms with Crippen molar-refractivity contribution in [1.29, 1.82) is 5.26 Å². The number of nitriles is 1. The molecule has 0 spiro atoms. The van der Waals surface area contributed by atoms with E-state index >= 15 is 0 Å². The molecule has 2 amide bonds. The van der Waals surface area contributed by atoms with Crippen molar-refractivity contribution in [2.75, 3.05) is 4.90 Å². The molecule has 4 rings (SSSR count). The average molecular weight is 264 g/mol. The molecule has 2 bridgehead atoms. The zero-order chi connectivity index (χ0) is 13.9. The van der Waals surface area contributed by atoms with Gasteiger partial charge in [0.1, 0.15) is 0 Å². The first-order valence-electron chi connectivity index (χ1n) is 6.77. The van der Waals surface area contributed by atoms with E-state index in [9.17, 15) is 9.59 Å². The van der Waals surface area contributed by atoms with Crippen LogP contribution in [0.25, 0.3) is 0 Å². The van der Waals surface area contributed by atoms with Crippen LogP contribution in [0.15, 0.2) is 36.4 Å². The smallest absolute Gasteiger partial charge is 0.238 e. The van der Waals surface area contributed by atoms with Crippen molar-refractivity contribution >= 4 is 17.5 Å². The Bertz CT molecular complexity index is 653. The first kappa shape index (κ1) is 11.4. The first-order valence-corrected chi connectivity index (χ1v) is 6.77. The van der Waals surface area contributed by atoms with Crippen LogP contribution in [0.2, 0.25) is 0 Å². The number of benzene rings is 1. The fraction of sp³-hybridized carbons (Fsp3) is 0.312. The third-order valence-electron chi connectivity index (χ3n) is 4.72. The van der Waals surface area contributed by atoms with Crippen LogP contribution in [0.4, 0.5) is 5.69 Å². The fourth-order valence-corrected chi connectivity index (χ4v) is 3.84. The molecular formula is C16H12N2O2. The van der Waals surface area contributed by atoms with Crippen LogP contribution in [0.3, 0.4) is 0 Å². The van der Waals surface area contributed by atoms with Gasteiger partial charge >= 0.3 is 0 Å². The fourth-order valence-electron chi connectivity index (χ4n) is 3.84. The van der Waals surface area contributed by atoms with Crippen LogP contribution >= 0.6 is 0 Å². The van der Waals surface area contributed by atoms with Gasteiger partial charge in [0.25, 0.3) is 0 Å². The van der Waals surface area contributed by atoms with E-state index in [0.29, 0.717) is 11.3 Å². The van der Waals surface area contributed by atoms with Crippen LogP contribution in [-0.4, -0.2) is 11.8 Å².